The second-order valence-electron chi connectivity index (χ2n) is 10.9. The molecule has 6 rings (SSSR count). The van der Waals surface area contributed by atoms with Gasteiger partial charge in [0.2, 0.25) is 23.6 Å². The number of fused-ring (bicyclic) bond motifs is 5. The summed E-state index contributed by atoms with van der Waals surface area (Å²) in [5.41, 5.74) is -0.509. The highest BCUT2D eigenvalue weighted by Gasteiger charge is 2.74. The summed E-state index contributed by atoms with van der Waals surface area (Å²) in [7, 11) is -4.39. The summed E-state index contributed by atoms with van der Waals surface area (Å²) in [4.78, 5) is 70.5. The third-order valence-corrected chi connectivity index (χ3v) is 10.9. The van der Waals surface area contributed by atoms with E-state index in [0.717, 1.165) is 19.7 Å². The molecular weight excluding hydrogens is 534 g/mol. The number of carbonyl (C=O) groups is 5. The minimum absolute atomic E-state index is 0.0496. The molecule has 1 aliphatic carbocycles. The Morgan fingerprint density at radius 1 is 0.825 bits per heavy atom. The third kappa shape index (κ3) is 3.15. The number of sulfonamides is 1. The molecule has 0 bridgehead atoms. The smallest absolute Gasteiger partial charge is 0.264 e. The van der Waals surface area contributed by atoms with Gasteiger partial charge in [0.15, 0.2) is 0 Å². The first-order valence-electron chi connectivity index (χ1n) is 13.4. The van der Waals surface area contributed by atoms with Gasteiger partial charge in [0.1, 0.15) is 5.78 Å². The van der Waals surface area contributed by atoms with E-state index in [0.29, 0.717) is 5.56 Å². The topological polar surface area (TPSA) is 129 Å². The van der Waals surface area contributed by atoms with Gasteiger partial charge in [-0.15, -0.1) is 0 Å². The van der Waals surface area contributed by atoms with E-state index < -0.39 is 68.6 Å². The fourth-order valence-electron chi connectivity index (χ4n) is 7.38. The first kappa shape index (κ1) is 26.4. The Labute approximate surface area is 232 Å². The zero-order chi connectivity index (χ0) is 28.7. The SMILES string of the molecule is CCN1C(=O)CC([C@]23C(=O)C[C@H]4C(=O)N(CC)C(=O)[C@H]4[C@H]2N(S(=O)(=O)c2ccc(C)cc2)c2ccccc23)C1=O. The van der Waals surface area contributed by atoms with Crippen LogP contribution < -0.4 is 4.31 Å². The predicted molar refractivity (Wildman–Crippen MR) is 142 cm³/mol. The average molecular weight is 564 g/mol. The molecule has 2 aromatic carbocycles. The molecule has 208 valence electrons. The van der Waals surface area contributed by atoms with Crippen molar-refractivity contribution in [2.45, 2.75) is 50.0 Å². The molecule has 4 aliphatic rings. The monoisotopic (exact) mass is 563 g/mol. The van der Waals surface area contributed by atoms with Crippen molar-refractivity contribution in [1.29, 1.82) is 0 Å². The van der Waals surface area contributed by atoms with Crippen molar-refractivity contribution >= 4 is 45.1 Å². The Bertz CT molecular complexity index is 1600. The van der Waals surface area contributed by atoms with Gasteiger partial charge in [0, 0.05) is 25.9 Å². The average Bonchev–Trinajstić information content (AvgIpc) is 3.49. The van der Waals surface area contributed by atoms with Crippen LogP contribution in [-0.4, -0.2) is 66.8 Å². The Balaban J connectivity index is 1.67. The number of hydrogen-bond acceptors (Lipinski definition) is 7. The van der Waals surface area contributed by atoms with Crippen LogP contribution in [0.25, 0.3) is 0 Å². The predicted octanol–water partition coefficient (Wildman–Crippen LogP) is 1.80. The van der Waals surface area contributed by atoms with Crippen molar-refractivity contribution < 1.29 is 32.4 Å². The van der Waals surface area contributed by atoms with Crippen LogP contribution in [0, 0.1) is 24.7 Å². The maximum Gasteiger partial charge on any atom is 0.264 e. The van der Waals surface area contributed by atoms with Crippen LogP contribution in [0.4, 0.5) is 5.69 Å². The zero-order valence-electron chi connectivity index (χ0n) is 22.4. The van der Waals surface area contributed by atoms with E-state index in [-0.39, 0.29) is 36.5 Å². The molecular formula is C29H29N3O7S. The van der Waals surface area contributed by atoms with Gasteiger partial charge >= 0.3 is 0 Å². The number of Topliss-reactive ketones (excluding diaryl/α,β-unsaturated/α-hetero) is 1. The number of nitrogens with zero attached hydrogens (tertiary/aromatic N) is 3. The molecule has 2 aromatic rings. The van der Waals surface area contributed by atoms with E-state index in [1.54, 1.807) is 50.2 Å². The second kappa shape index (κ2) is 8.82. The number of aryl methyl sites for hydroxylation is 1. The molecule has 11 heteroatoms. The lowest BCUT2D eigenvalue weighted by molar-refractivity contribution is -0.146. The van der Waals surface area contributed by atoms with Gasteiger partial charge in [0.05, 0.1) is 39.8 Å². The molecule has 2 saturated heterocycles. The van der Waals surface area contributed by atoms with Crippen LogP contribution in [0.5, 0.6) is 0 Å². The van der Waals surface area contributed by atoms with Crippen molar-refractivity contribution in [3.05, 3.63) is 59.7 Å². The van der Waals surface area contributed by atoms with Crippen molar-refractivity contribution in [3.8, 4) is 0 Å². The highest BCUT2D eigenvalue weighted by Crippen LogP contribution is 2.61. The van der Waals surface area contributed by atoms with Crippen molar-refractivity contribution in [2.75, 3.05) is 17.4 Å². The molecule has 40 heavy (non-hydrogen) atoms. The summed E-state index contributed by atoms with van der Waals surface area (Å²) in [5, 5.41) is 0. The van der Waals surface area contributed by atoms with Crippen LogP contribution in [0.3, 0.4) is 0 Å². The van der Waals surface area contributed by atoms with Crippen molar-refractivity contribution in [3.63, 3.8) is 0 Å². The Hall–Kier alpha value is -3.86. The van der Waals surface area contributed by atoms with Gasteiger partial charge in [-0.2, -0.15) is 0 Å². The van der Waals surface area contributed by atoms with Crippen LogP contribution in [-0.2, 0) is 39.4 Å². The fourth-order valence-corrected chi connectivity index (χ4v) is 9.10. The van der Waals surface area contributed by atoms with Crippen LogP contribution in [0.2, 0.25) is 0 Å². The quantitative estimate of drug-likeness (QED) is 0.507. The summed E-state index contributed by atoms with van der Waals surface area (Å²) < 4.78 is 30.0. The number of ketones is 1. The van der Waals surface area contributed by atoms with Crippen LogP contribution in [0.15, 0.2) is 53.4 Å². The maximum absolute atomic E-state index is 14.5. The minimum Gasteiger partial charge on any atom is -0.299 e. The zero-order valence-corrected chi connectivity index (χ0v) is 23.2. The van der Waals surface area contributed by atoms with E-state index in [1.807, 2.05) is 6.92 Å². The first-order valence-corrected chi connectivity index (χ1v) is 14.9. The molecule has 5 atom stereocenters. The third-order valence-electron chi connectivity index (χ3n) is 9.08. The largest absolute Gasteiger partial charge is 0.299 e. The fraction of sp³-hybridized carbons (Fsp3) is 0.414. The number of hydrogen-bond donors (Lipinski definition) is 0. The number of rotatable bonds is 5. The highest BCUT2D eigenvalue weighted by atomic mass is 32.2. The molecule has 1 saturated carbocycles. The minimum atomic E-state index is -4.39. The van der Waals surface area contributed by atoms with Gasteiger partial charge in [-0.05, 0) is 44.5 Å². The maximum atomic E-state index is 14.5. The lowest BCUT2D eigenvalue weighted by Crippen LogP contribution is -2.65. The number of anilines is 1. The van der Waals surface area contributed by atoms with Gasteiger partial charge in [-0.25, -0.2) is 8.42 Å². The summed E-state index contributed by atoms with van der Waals surface area (Å²) >= 11 is 0. The molecule has 0 N–H and O–H groups in total. The summed E-state index contributed by atoms with van der Waals surface area (Å²) in [6.45, 7) is 5.29. The van der Waals surface area contributed by atoms with Crippen molar-refractivity contribution in [2.24, 2.45) is 17.8 Å². The van der Waals surface area contributed by atoms with Gasteiger partial charge in [-0.3, -0.25) is 38.1 Å². The number of likely N-dealkylation sites (tertiary alicyclic amines) is 2. The lowest BCUT2D eigenvalue weighted by atomic mass is 9.55. The Morgan fingerprint density at radius 3 is 2.10 bits per heavy atom. The van der Waals surface area contributed by atoms with Gasteiger partial charge in [0.25, 0.3) is 10.0 Å². The highest BCUT2D eigenvalue weighted by molar-refractivity contribution is 7.93. The normalized spacial score (nSPS) is 29.8. The number of imide groups is 2. The van der Waals surface area contributed by atoms with E-state index >= 15 is 0 Å². The molecule has 3 fully saturated rings. The van der Waals surface area contributed by atoms with E-state index in [9.17, 15) is 32.4 Å². The van der Waals surface area contributed by atoms with Crippen LogP contribution >= 0.6 is 0 Å². The number of amides is 4. The number of benzene rings is 2. The second-order valence-corrected chi connectivity index (χ2v) is 12.7. The molecule has 3 aliphatic heterocycles. The molecule has 3 heterocycles. The van der Waals surface area contributed by atoms with Crippen molar-refractivity contribution in [1.82, 2.24) is 9.80 Å². The summed E-state index contributed by atoms with van der Waals surface area (Å²) in [5.74, 6) is -6.09. The summed E-state index contributed by atoms with van der Waals surface area (Å²) in [6.07, 6.45) is -0.613. The Kier molecular flexibility index (Phi) is 5.81. The lowest BCUT2D eigenvalue weighted by Gasteiger charge is -2.47. The standard InChI is InChI=1S/C29H29N3O7S/c1-4-30-23(34)15-20(27(30)36)29-19-8-6-7-9-21(19)32(40(38,39)17-12-10-16(3)11-13-17)25(29)24-18(14-22(29)33)26(35)31(5-2)28(24)37/h6-13,18,20,24-25H,4-5,14-15H2,1-3H3/t18-,20?,24-,25-,29-/m1/s1. The van der Waals surface area contributed by atoms with E-state index in [2.05, 4.69) is 0 Å². The van der Waals surface area contributed by atoms with E-state index in [4.69, 9.17) is 0 Å². The van der Waals surface area contributed by atoms with Crippen LogP contribution in [0.1, 0.15) is 37.8 Å². The molecule has 10 nitrogen and oxygen atoms in total. The van der Waals surface area contributed by atoms with Gasteiger partial charge in [-0.1, -0.05) is 35.9 Å². The number of para-hydroxylation sites is 1. The molecule has 0 spiro atoms. The first-order chi connectivity index (χ1) is 19.0. The molecule has 4 amide bonds. The molecule has 0 aromatic heterocycles. The van der Waals surface area contributed by atoms with Gasteiger partial charge < -0.3 is 0 Å². The summed E-state index contributed by atoms with van der Waals surface area (Å²) in [6, 6.07) is 11.3. The molecule has 1 unspecified atom stereocenters. The number of carbonyl (C=O) groups excluding carboxylic acids is 5. The molecule has 0 radical (unpaired) electrons. The van der Waals surface area contributed by atoms with E-state index in [1.165, 1.54) is 12.1 Å². The Morgan fingerprint density at radius 2 is 1.48 bits per heavy atom.